The van der Waals surface area contributed by atoms with Crippen LogP contribution in [-0.4, -0.2) is 11.2 Å². The summed E-state index contributed by atoms with van der Waals surface area (Å²) in [7, 11) is 0. The Balaban J connectivity index is 2.41. The van der Waals surface area contributed by atoms with Crippen LogP contribution in [0.2, 0.25) is 0 Å². The highest BCUT2D eigenvalue weighted by Crippen LogP contribution is 2.50. The van der Waals surface area contributed by atoms with Gasteiger partial charge in [0.15, 0.2) is 0 Å². The first-order valence-corrected chi connectivity index (χ1v) is 5.45. The van der Waals surface area contributed by atoms with Crippen LogP contribution in [0.25, 0.3) is 0 Å². The maximum Gasteiger partial charge on any atom is 0.403 e. The first-order chi connectivity index (χ1) is 7.46. The number of halogens is 3. The molecule has 0 aliphatic heterocycles. The second-order valence-electron chi connectivity index (χ2n) is 4.43. The highest BCUT2D eigenvalue weighted by atomic mass is 19.4. The number of aryl methyl sites for hydroxylation is 1. The third kappa shape index (κ3) is 1.72. The van der Waals surface area contributed by atoms with Crippen LogP contribution in [0.15, 0.2) is 10.7 Å². The van der Waals surface area contributed by atoms with E-state index in [0.29, 0.717) is 18.5 Å². The number of nitrogens with zero attached hydrogens (tertiary/aromatic N) is 1. The normalized spacial score (nSPS) is 21.0. The number of rotatable bonds is 1. The van der Waals surface area contributed by atoms with Crippen LogP contribution in [0.3, 0.4) is 0 Å². The maximum absolute atomic E-state index is 13.2. The molecule has 0 saturated heterocycles. The molecule has 0 atom stereocenters. The summed E-state index contributed by atoms with van der Waals surface area (Å²) >= 11 is 0. The largest absolute Gasteiger partial charge is 0.448 e. The summed E-state index contributed by atoms with van der Waals surface area (Å²) in [6.45, 7) is 1.64. The second-order valence-corrected chi connectivity index (χ2v) is 4.43. The summed E-state index contributed by atoms with van der Waals surface area (Å²) in [5.41, 5.74) is -1.34. The van der Waals surface area contributed by atoms with E-state index >= 15 is 0 Å². The molecule has 0 unspecified atom stereocenters. The third-order valence-electron chi connectivity index (χ3n) is 3.28. The van der Waals surface area contributed by atoms with E-state index in [-0.39, 0.29) is 18.7 Å². The van der Waals surface area contributed by atoms with Gasteiger partial charge in [0.2, 0.25) is 5.89 Å². The van der Waals surface area contributed by atoms with Crippen LogP contribution in [0, 0.1) is 6.92 Å². The molecule has 2 nitrogen and oxygen atoms in total. The molecular formula is C11H14F3NO. The Bertz CT molecular complexity index is 364. The molecule has 2 rings (SSSR count). The number of alkyl halides is 3. The number of hydrogen-bond acceptors (Lipinski definition) is 2. The molecule has 1 saturated carbocycles. The van der Waals surface area contributed by atoms with E-state index in [4.69, 9.17) is 4.42 Å². The van der Waals surface area contributed by atoms with Crippen molar-refractivity contribution in [3.63, 3.8) is 0 Å². The molecule has 90 valence electrons. The van der Waals surface area contributed by atoms with Gasteiger partial charge in [-0.25, -0.2) is 4.98 Å². The van der Waals surface area contributed by atoms with E-state index in [0.717, 1.165) is 6.42 Å². The molecule has 1 heterocycles. The van der Waals surface area contributed by atoms with E-state index in [1.807, 2.05) is 0 Å². The summed E-state index contributed by atoms with van der Waals surface area (Å²) < 4.78 is 44.6. The Kier molecular flexibility index (Phi) is 2.72. The van der Waals surface area contributed by atoms with Gasteiger partial charge in [0.05, 0.1) is 5.69 Å². The standard InChI is InChI=1S/C11H14F3NO/c1-8-7-16-9(15-8)10(11(12,13)14)5-3-2-4-6-10/h7H,2-6H2,1H3. The van der Waals surface area contributed by atoms with Crippen molar-refractivity contribution in [3.05, 3.63) is 17.8 Å². The molecule has 0 spiro atoms. The quantitative estimate of drug-likeness (QED) is 0.738. The fourth-order valence-corrected chi connectivity index (χ4v) is 2.35. The van der Waals surface area contributed by atoms with Crippen molar-refractivity contribution < 1.29 is 17.6 Å². The zero-order chi connectivity index (χ0) is 11.8. The second kappa shape index (κ2) is 3.79. The Morgan fingerprint density at radius 1 is 1.25 bits per heavy atom. The van der Waals surface area contributed by atoms with Gasteiger partial charge in [0.25, 0.3) is 0 Å². The van der Waals surface area contributed by atoms with Crippen LogP contribution in [0.1, 0.15) is 43.7 Å². The molecule has 1 aromatic heterocycles. The Morgan fingerprint density at radius 3 is 2.31 bits per heavy atom. The van der Waals surface area contributed by atoms with E-state index in [2.05, 4.69) is 4.98 Å². The summed E-state index contributed by atoms with van der Waals surface area (Å²) in [6, 6.07) is 0. The zero-order valence-electron chi connectivity index (χ0n) is 9.10. The van der Waals surface area contributed by atoms with Crippen molar-refractivity contribution in [2.75, 3.05) is 0 Å². The summed E-state index contributed by atoms with van der Waals surface area (Å²) in [5, 5.41) is 0. The minimum Gasteiger partial charge on any atom is -0.448 e. The van der Waals surface area contributed by atoms with E-state index in [1.54, 1.807) is 6.92 Å². The molecule has 0 N–H and O–H groups in total. The maximum atomic E-state index is 13.2. The predicted molar refractivity (Wildman–Crippen MR) is 52.1 cm³/mol. The fourth-order valence-electron chi connectivity index (χ4n) is 2.35. The van der Waals surface area contributed by atoms with Gasteiger partial charge in [-0.3, -0.25) is 0 Å². The smallest absolute Gasteiger partial charge is 0.403 e. The third-order valence-corrected chi connectivity index (χ3v) is 3.28. The van der Waals surface area contributed by atoms with Crippen molar-refractivity contribution in [2.45, 2.75) is 50.6 Å². The van der Waals surface area contributed by atoms with Crippen molar-refractivity contribution >= 4 is 0 Å². The average Bonchev–Trinajstić information content (AvgIpc) is 2.65. The molecule has 0 aromatic carbocycles. The van der Waals surface area contributed by atoms with Crippen LogP contribution in [0.5, 0.6) is 0 Å². The topological polar surface area (TPSA) is 26.0 Å². The van der Waals surface area contributed by atoms with Crippen LogP contribution < -0.4 is 0 Å². The summed E-state index contributed by atoms with van der Waals surface area (Å²) in [4.78, 5) is 3.89. The van der Waals surface area contributed by atoms with Crippen molar-refractivity contribution in [2.24, 2.45) is 0 Å². The first-order valence-electron chi connectivity index (χ1n) is 5.45. The minimum absolute atomic E-state index is 0.0937. The lowest BCUT2D eigenvalue weighted by atomic mass is 9.73. The SMILES string of the molecule is Cc1coc(C2(C(F)(F)F)CCCCC2)n1. The molecule has 0 radical (unpaired) electrons. The highest BCUT2D eigenvalue weighted by molar-refractivity contribution is 5.13. The van der Waals surface area contributed by atoms with Crippen LogP contribution in [-0.2, 0) is 5.41 Å². The molecular weight excluding hydrogens is 219 g/mol. The lowest BCUT2D eigenvalue weighted by molar-refractivity contribution is -0.205. The molecule has 1 aromatic rings. The monoisotopic (exact) mass is 233 g/mol. The lowest BCUT2D eigenvalue weighted by Gasteiger charge is -2.35. The van der Waals surface area contributed by atoms with E-state index in [9.17, 15) is 13.2 Å². The molecule has 16 heavy (non-hydrogen) atoms. The van der Waals surface area contributed by atoms with Crippen LogP contribution >= 0.6 is 0 Å². The molecule has 0 bridgehead atoms. The first kappa shape index (κ1) is 11.5. The summed E-state index contributed by atoms with van der Waals surface area (Å²) in [6.07, 6.45) is -0.769. The van der Waals surface area contributed by atoms with Crippen LogP contribution in [0.4, 0.5) is 13.2 Å². The number of hydrogen-bond donors (Lipinski definition) is 0. The van der Waals surface area contributed by atoms with Crippen molar-refractivity contribution in [3.8, 4) is 0 Å². The predicted octanol–water partition coefficient (Wildman–Crippen LogP) is 3.75. The molecule has 1 aliphatic carbocycles. The molecule has 1 aliphatic rings. The highest BCUT2D eigenvalue weighted by Gasteiger charge is 2.58. The zero-order valence-corrected chi connectivity index (χ0v) is 9.10. The van der Waals surface area contributed by atoms with Gasteiger partial charge in [-0.2, -0.15) is 13.2 Å². The Morgan fingerprint density at radius 2 is 1.88 bits per heavy atom. The molecule has 5 heteroatoms. The number of oxazole rings is 1. The van der Waals surface area contributed by atoms with Gasteiger partial charge in [-0.15, -0.1) is 0 Å². The lowest BCUT2D eigenvalue weighted by Crippen LogP contribution is -2.44. The summed E-state index contributed by atoms with van der Waals surface area (Å²) in [5.74, 6) is -0.155. The Hall–Kier alpha value is -1.00. The van der Waals surface area contributed by atoms with Gasteiger partial charge < -0.3 is 4.42 Å². The van der Waals surface area contributed by atoms with Gasteiger partial charge in [-0.05, 0) is 19.8 Å². The molecule has 1 fully saturated rings. The van der Waals surface area contributed by atoms with Gasteiger partial charge >= 0.3 is 6.18 Å². The van der Waals surface area contributed by atoms with E-state index in [1.165, 1.54) is 6.26 Å². The van der Waals surface area contributed by atoms with Gasteiger partial charge in [-0.1, -0.05) is 19.3 Å². The van der Waals surface area contributed by atoms with Crippen molar-refractivity contribution in [1.82, 2.24) is 4.98 Å². The Labute approximate surface area is 91.9 Å². The van der Waals surface area contributed by atoms with E-state index < -0.39 is 11.6 Å². The molecule has 0 amide bonds. The number of aromatic nitrogens is 1. The minimum atomic E-state index is -4.27. The fraction of sp³-hybridized carbons (Fsp3) is 0.727. The average molecular weight is 233 g/mol. The van der Waals surface area contributed by atoms with Gasteiger partial charge in [0, 0.05) is 0 Å². The van der Waals surface area contributed by atoms with Crippen molar-refractivity contribution in [1.29, 1.82) is 0 Å². The van der Waals surface area contributed by atoms with Gasteiger partial charge in [0.1, 0.15) is 11.7 Å².